The van der Waals surface area contributed by atoms with Crippen LogP contribution in [0.15, 0.2) is 66.4 Å². The van der Waals surface area contributed by atoms with Crippen molar-refractivity contribution in [2.75, 3.05) is 0 Å². The first-order valence-corrected chi connectivity index (χ1v) is 5.43. The van der Waals surface area contributed by atoms with Crippen LogP contribution in [0.3, 0.4) is 0 Å². The zero-order valence-electron chi connectivity index (χ0n) is 9.35. The quantitative estimate of drug-likeness (QED) is 0.633. The fourth-order valence-corrected chi connectivity index (χ4v) is 1.58. The lowest BCUT2D eigenvalue weighted by Gasteiger charge is -2.01. The van der Waals surface area contributed by atoms with E-state index < -0.39 is 0 Å². The standard InChI is InChI=1S/C16H14/c1-2-3-7-14-10-12-16(13-11-14)15-8-5-4-6-9-15/h2,4-13H,1H3. The Morgan fingerprint density at radius 2 is 1.44 bits per heavy atom. The maximum absolute atomic E-state index is 3.07. The Labute approximate surface area is 96.6 Å². The van der Waals surface area contributed by atoms with Crippen LogP contribution in [-0.4, -0.2) is 0 Å². The molecular weight excluding hydrogens is 192 g/mol. The summed E-state index contributed by atoms with van der Waals surface area (Å²) < 4.78 is 0. The highest BCUT2D eigenvalue weighted by Gasteiger charge is 1.94. The van der Waals surface area contributed by atoms with E-state index in [-0.39, 0.29) is 0 Å². The number of hydrogen-bond acceptors (Lipinski definition) is 0. The molecule has 0 spiro atoms. The minimum Gasteiger partial charge on any atom is -0.125 e. The molecule has 0 aliphatic rings. The number of rotatable bonds is 2. The molecule has 0 saturated heterocycles. The smallest absolute Gasteiger partial charge is 0.0131 e. The zero-order valence-corrected chi connectivity index (χ0v) is 9.35. The minimum absolute atomic E-state index is 1.18. The van der Waals surface area contributed by atoms with E-state index >= 15 is 0 Å². The topological polar surface area (TPSA) is 0 Å². The fourth-order valence-electron chi connectivity index (χ4n) is 1.58. The minimum atomic E-state index is 1.18. The van der Waals surface area contributed by atoms with E-state index in [4.69, 9.17) is 0 Å². The number of allylic oxidation sites excluding steroid dienone is 1. The summed E-state index contributed by atoms with van der Waals surface area (Å²) in [6.45, 7) is 1.97. The lowest BCUT2D eigenvalue weighted by molar-refractivity contribution is 1.60. The molecule has 0 heterocycles. The van der Waals surface area contributed by atoms with Gasteiger partial charge in [-0.2, -0.15) is 0 Å². The van der Waals surface area contributed by atoms with Crippen LogP contribution in [0.5, 0.6) is 0 Å². The van der Waals surface area contributed by atoms with E-state index in [0.717, 1.165) is 0 Å². The van der Waals surface area contributed by atoms with Gasteiger partial charge >= 0.3 is 0 Å². The molecule has 0 nitrogen and oxygen atoms in total. The van der Waals surface area contributed by atoms with E-state index in [9.17, 15) is 0 Å². The Kier molecular flexibility index (Phi) is 3.38. The molecule has 16 heavy (non-hydrogen) atoms. The summed E-state index contributed by atoms with van der Waals surface area (Å²) in [6.07, 6.45) is 3.89. The Morgan fingerprint density at radius 1 is 0.812 bits per heavy atom. The van der Waals surface area contributed by atoms with E-state index in [1.165, 1.54) is 16.7 Å². The van der Waals surface area contributed by atoms with E-state index in [2.05, 4.69) is 54.3 Å². The van der Waals surface area contributed by atoms with Gasteiger partial charge in [-0.25, -0.2) is 0 Å². The second-order valence-corrected chi connectivity index (χ2v) is 3.59. The van der Waals surface area contributed by atoms with Crippen LogP contribution in [0.25, 0.3) is 17.2 Å². The monoisotopic (exact) mass is 206 g/mol. The third kappa shape index (κ3) is 2.50. The van der Waals surface area contributed by atoms with Gasteiger partial charge in [0.05, 0.1) is 0 Å². The van der Waals surface area contributed by atoms with Crippen LogP contribution in [0.2, 0.25) is 0 Å². The summed E-state index contributed by atoms with van der Waals surface area (Å²) in [5.41, 5.74) is 6.75. The van der Waals surface area contributed by atoms with Gasteiger partial charge in [-0.3, -0.25) is 0 Å². The average Bonchev–Trinajstić information content (AvgIpc) is 2.38. The van der Waals surface area contributed by atoms with Gasteiger partial charge < -0.3 is 0 Å². The van der Waals surface area contributed by atoms with E-state index in [1.807, 2.05) is 25.1 Å². The molecule has 0 fully saturated rings. The van der Waals surface area contributed by atoms with Crippen molar-refractivity contribution < 1.29 is 0 Å². The summed E-state index contributed by atoms with van der Waals surface area (Å²) in [6, 6.07) is 18.9. The number of hydrogen-bond donors (Lipinski definition) is 0. The summed E-state index contributed by atoms with van der Waals surface area (Å²) >= 11 is 0. The highest BCUT2D eigenvalue weighted by molar-refractivity contribution is 5.65. The molecular formula is C16H14. The third-order valence-electron chi connectivity index (χ3n) is 2.43. The Morgan fingerprint density at radius 3 is 2.06 bits per heavy atom. The first-order valence-electron chi connectivity index (χ1n) is 5.43. The van der Waals surface area contributed by atoms with Gasteiger partial charge in [-0.05, 0) is 35.8 Å². The molecule has 2 aromatic rings. The van der Waals surface area contributed by atoms with Gasteiger partial charge in [0.15, 0.2) is 0 Å². The second-order valence-electron chi connectivity index (χ2n) is 3.59. The zero-order chi connectivity index (χ0) is 11.2. The van der Waals surface area contributed by atoms with E-state index in [0.29, 0.717) is 0 Å². The van der Waals surface area contributed by atoms with Gasteiger partial charge in [0.25, 0.3) is 0 Å². The van der Waals surface area contributed by atoms with Gasteiger partial charge in [0.1, 0.15) is 0 Å². The van der Waals surface area contributed by atoms with Crippen molar-refractivity contribution in [1.29, 1.82) is 0 Å². The largest absolute Gasteiger partial charge is 0.125 e. The third-order valence-corrected chi connectivity index (χ3v) is 2.43. The SMILES string of the molecule is CC=C=Cc1ccc(-c2ccccc2)cc1. The molecule has 0 unspecified atom stereocenters. The molecule has 0 heteroatoms. The van der Waals surface area contributed by atoms with Crippen LogP contribution in [0, 0.1) is 0 Å². The number of benzene rings is 2. The van der Waals surface area contributed by atoms with Gasteiger partial charge in [-0.1, -0.05) is 54.6 Å². The molecule has 2 rings (SSSR count). The van der Waals surface area contributed by atoms with Crippen molar-refractivity contribution in [2.45, 2.75) is 6.92 Å². The van der Waals surface area contributed by atoms with E-state index in [1.54, 1.807) is 0 Å². The van der Waals surface area contributed by atoms with Gasteiger partial charge in [0, 0.05) is 0 Å². The van der Waals surface area contributed by atoms with Crippen LogP contribution in [0.4, 0.5) is 0 Å². The highest BCUT2D eigenvalue weighted by Crippen LogP contribution is 2.19. The lowest BCUT2D eigenvalue weighted by atomic mass is 10.0. The second kappa shape index (κ2) is 5.16. The van der Waals surface area contributed by atoms with Crippen LogP contribution in [-0.2, 0) is 0 Å². The maximum Gasteiger partial charge on any atom is -0.0131 e. The van der Waals surface area contributed by atoms with Crippen LogP contribution >= 0.6 is 0 Å². The molecule has 0 aliphatic heterocycles. The molecule has 0 radical (unpaired) electrons. The van der Waals surface area contributed by atoms with Gasteiger partial charge in [-0.15, -0.1) is 5.73 Å². The summed E-state index contributed by atoms with van der Waals surface area (Å²) in [7, 11) is 0. The first kappa shape index (κ1) is 10.5. The average molecular weight is 206 g/mol. The molecule has 78 valence electrons. The summed E-state index contributed by atoms with van der Waals surface area (Å²) in [5, 5.41) is 0. The molecule has 0 atom stereocenters. The fraction of sp³-hybridized carbons (Fsp3) is 0.0625. The lowest BCUT2D eigenvalue weighted by Crippen LogP contribution is -1.77. The van der Waals surface area contributed by atoms with Crippen molar-refractivity contribution in [3.8, 4) is 11.1 Å². The molecule has 0 N–H and O–H groups in total. The van der Waals surface area contributed by atoms with Crippen molar-refractivity contribution in [3.05, 3.63) is 72.0 Å². The Balaban J connectivity index is 2.30. The van der Waals surface area contributed by atoms with Crippen molar-refractivity contribution >= 4 is 6.08 Å². The summed E-state index contributed by atoms with van der Waals surface area (Å²) in [5.74, 6) is 0. The Bertz CT molecular complexity index is 497. The molecule has 0 amide bonds. The highest BCUT2D eigenvalue weighted by atomic mass is 14.0. The first-order chi connectivity index (χ1) is 7.90. The Hall–Kier alpha value is -2.04. The molecule has 0 saturated carbocycles. The molecule has 0 aromatic heterocycles. The predicted octanol–water partition coefficient (Wildman–Crippen LogP) is 4.54. The van der Waals surface area contributed by atoms with Crippen LogP contribution < -0.4 is 0 Å². The van der Waals surface area contributed by atoms with Crippen LogP contribution in [0.1, 0.15) is 12.5 Å². The predicted molar refractivity (Wildman–Crippen MR) is 70.1 cm³/mol. The van der Waals surface area contributed by atoms with Crippen molar-refractivity contribution in [2.24, 2.45) is 0 Å². The molecule has 2 aromatic carbocycles. The van der Waals surface area contributed by atoms with Crippen molar-refractivity contribution in [1.82, 2.24) is 0 Å². The van der Waals surface area contributed by atoms with Crippen molar-refractivity contribution in [3.63, 3.8) is 0 Å². The van der Waals surface area contributed by atoms with Gasteiger partial charge in [0.2, 0.25) is 0 Å². The molecule has 0 aliphatic carbocycles. The molecule has 0 bridgehead atoms. The maximum atomic E-state index is 3.07. The normalized spacial score (nSPS) is 9.31. The summed E-state index contributed by atoms with van der Waals surface area (Å²) in [4.78, 5) is 0.